The van der Waals surface area contributed by atoms with Gasteiger partial charge in [0.05, 0.1) is 17.3 Å². The van der Waals surface area contributed by atoms with Crippen molar-refractivity contribution in [3.63, 3.8) is 0 Å². The first kappa shape index (κ1) is 19.3. The summed E-state index contributed by atoms with van der Waals surface area (Å²) < 4.78 is 41.2. The lowest BCUT2D eigenvalue weighted by Crippen LogP contribution is -2.39. The van der Waals surface area contributed by atoms with Gasteiger partial charge in [-0.3, -0.25) is 4.79 Å². The van der Waals surface area contributed by atoms with Crippen LogP contribution in [-0.2, 0) is 10.2 Å². The number of anilines is 1. The normalized spacial score (nSPS) is 19.9. The number of benzene rings is 2. The van der Waals surface area contributed by atoms with E-state index < -0.39 is 17.6 Å². The topological polar surface area (TPSA) is 93.5 Å². The smallest absolute Gasteiger partial charge is 0.492 e. The molecule has 31 heavy (non-hydrogen) atoms. The quantitative estimate of drug-likeness (QED) is 0.652. The third-order valence-electron chi connectivity index (χ3n) is 5.15. The maximum absolute atomic E-state index is 13.4. The molecule has 2 aliphatic rings. The second kappa shape index (κ2) is 6.65. The van der Waals surface area contributed by atoms with Gasteiger partial charge < -0.3 is 19.5 Å². The zero-order valence-corrected chi connectivity index (χ0v) is 16.8. The number of nitrogens with zero attached hydrogens (tertiary/aromatic N) is 2. The molecule has 5 rings (SSSR count). The number of alkyl halides is 2. The molecule has 7 nitrogen and oxygen atoms in total. The Morgan fingerprint density at radius 2 is 1.90 bits per heavy atom. The van der Waals surface area contributed by atoms with Gasteiger partial charge in [0.25, 0.3) is 0 Å². The summed E-state index contributed by atoms with van der Waals surface area (Å²) in [5.74, 6) is -0.390. The predicted octanol–water partition coefficient (Wildman–Crippen LogP) is 4.29. The van der Waals surface area contributed by atoms with Crippen LogP contribution in [0.2, 0.25) is 0 Å². The minimum absolute atomic E-state index is 0.0291. The molecule has 3 aromatic rings. The van der Waals surface area contributed by atoms with Crippen LogP contribution in [0.15, 0.2) is 41.8 Å². The molecule has 2 aromatic carbocycles. The number of thiazole rings is 1. The average Bonchev–Trinajstić information content (AvgIpc) is 3.42. The first-order chi connectivity index (χ1) is 14.8. The Bertz CT molecular complexity index is 1250. The molecule has 156 valence electrons. The van der Waals surface area contributed by atoms with Crippen molar-refractivity contribution in [1.29, 1.82) is 5.26 Å². The van der Waals surface area contributed by atoms with E-state index in [-0.39, 0.29) is 23.9 Å². The van der Waals surface area contributed by atoms with Crippen LogP contribution in [0.1, 0.15) is 18.1 Å². The summed E-state index contributed by atoms with van der Waals surface area (Å²) in [7, 11) is 0. The van der Waals surface area contributed by atoms with E-state index in [0.717, 1.165) is 5.56 Å². The molecule has 0 saturated carbocycles. The van der Waals surface area contributed by atoms with Crippen LogP contribution < -0.4 is 19.5 Å². The summed E-state index contributed by atoms with van der Waals surface area (Å²) in [6.45, 7) is 1.69. The van der Waals surface area contributed by atoms with Crippen LogP contribution in [0.5, 0.6) is 17.2 Å². The number of carbonyl (C=O) groups is 1. The summed E-state index contributed by atoms with van der Waals surface area (Å²) >= 11 is 1.25. The van der Waals surface area contributed by atoms with Crippen LogP contribution in [0, 0.1) is 11.3 Å². The van der Waals surface area contributed by atoms with Crippen LogP contribution in [0.3, 0.4) is 0 Å². The molecular formula is C21H13F2N3O4S. The van der Waals surface area contributed by atoms with E-state index in [1.165, 1.54) is 23.5 Å². The molecule has 0 fully saturated rings. The largest absolute Gasteiger partial charge is 0.586 e. The van der Waals surface area contributed by atoms with Crippen molar-refractivity contribution in [2.45, 2.75) is 18.6 Å². The highest BCUT2D eigenvalue weighted by Gasteiger charge is 2.49. The van der Waals surface area contributed by atoms with Gasteiger partial charge in [0.2, 0.25) is 5.91 Å². The zero-order valence-electron chi connectivity index (χ0n) is 15.9. The van der Waals surface area contributed by atoms with E-state index in [9.17, 15) is 13.6 Å². The molecule has 1 N–H and O–H groups in total. The Balaban J connectivity index is 1.38. The number of hydrogen-bond acceptors (Lipinski definition) is 7. The molecular weight excluding hydrogens is 428 g/mol. The molecule has 0 spiro atoms. The molecule has 0 bridgehead atoms. The van der Waals surface area contributed by atoms with Crippen molar-refractivity contribution in [3.8, 4) is 34.6 Å². The SMILES string of the molecule is CC1(C(=O)Nc2nc(-c3ccc(C#N)cc3)cs2)COc2cc3c(cc21)OC(F)(F)O3. The number of nitriles is 1. The van der Waals surface area contributed by atoms with Gasteiger partial charge in [0.15, 0.2) is 16.6 Å². The van der Waals surface area contributed by atoms with Gasteiger partial charge in [0.1, 0.15) is 17.8 Å². The lowest BCUT2D eigenvalue weighted by atomic mass is 9.83. The highest BCUT2D eigenvalue weighted by Crippen LogP contribution is 2.50. The minimum Gasteiger partial charge on any atom is -0.492 e. The average molecular weight is 441 g/mol. The van der Waals surface area contributed by atoms with Gasteiger partial charge in [-0.2, -0.15) is 5.26 Å². The Kier molecular flexibility index (Phi) is 4.13. The number of carbonyl (C=O) groups excluding carboxylic acids is 1. The van der Waals surface area contributed by atoms with E-state index in [2.05, 4.69) is 25.8 Å². The molecule has 1 aromatic heterocycles. The number of nitrogens with one attached hydrogen (secondary N) is 1. The molecule has 10 heteroatoms. The van der Waals surface area contributed by atoms with Gasteiger partial charge in [-0.15, -0.1) is 20.1 Å². The molecule has 1 atom stereocenters. The molecule has 0 aliphatic carbocycles. The number of halogens is 2. The van der Waals surface area contributed by atoms with E-state index in [1.807, 2.05) is 0 Å². The van der Waals surface area contributed by atoms with Crippen molar-refractivity contribution in [2.24, 2.45) is 0 Å². The van der Waals surface area contributed by atoms with Crippen LogP contribution >= 0.6 is 11.3 Å². The monoisotopic (exact) mass is 441 g/mol. The van der Waals surface area contributed by atoms with Gasteiger partial charge in [-0.25, -0.2) is 4.98 Å². The Labute approximate surface area is 178 Å². The van der Waals surface area contributed by atoms with Crippen LogP contribution in [-0.4, -0.2) is 23.8 Å². The highest BCUT2D eigenvalue weighted by atomic mass is 32.1. The lowest BCUT2D eigenvalue weighted by molar-refractivity contribution is -0.286. The Hall–Kier alpha value is -3.71. The third-order valence-corrected chi connectivity index (χ3v) is 5.91. The van der Waals surface area contributed by atoms with Gasteiger partial charge in [0, 0.05) is 22.6 Å². The number of rotatable bonds is 3. The molecule has 3 heterocycles. The lowest BCUT2D eigenvalue weighted by Gasteiger charge is -2.21. The summed E-state index contributed by atoms with van der Waals surface area (Å²) in [6, 6.07) is 11.6. The fourth-order valence-electron chi connectivity index (χ4n) is 3.43. The summed E-state index contributed by atoms with van der Waals surface area (Å²) in [5.41, 5.74) is 1.30. The number of aromatic nitrogens is 1. The number of hydrogen-bond donors (Lipinski definition) is 1. The molecule has 2 aliphatic heterocycles. The van der Waals surface area contributed by atoms with Crippen molar-refractivity contribution in [2.75, 3.05) is 11.9 Å². The molecule has 0 saturated heterocycles. The Morgan fingerprint density at radius 1 is 1.19 bits per heavy atom. The van der Waals surface area contributed by atoms with Crippen LogP contribution in [0.25, 0.3) is 11.3 Å². The van der Waals surface area contributed by atoms with Crippen molar-refractivity contribution in [1.82, 2.24) is 4.98 Å². The van der Waals surface area contributed by atoms with Crippen molar-refractivity contribution in [3.05, 3.63) is 52.9 Å². The number of ether oxygens (including phenoxy) is 3. The number of amides is 1. The van der Waals surface area contributed by atoms with Crippen molar-refractivity contribution < 1.29 is 27.8 Å². The van der Waals surface area contributed by atoms with Gasteiger partial charge in [-0.05, 0) is 25.1 Å². The third kappa shape index (κ3) is 3.23. The van der Waals surface area contributed by atoms with E-state index >= 15 is 0 Å². The highest BCUT2D eigenvalue weighted by molar-refractivity contribution is 7.14. The second-order valence-corrected chi connectivity index (χ2v) is 8.12. The minimum atomic E-state index is -3.75. The first-order valence-electron chi connectivity index (χ1n) is 9.12. The fourth-order valence-corrected chi connectivity index (χ4v) is 4.15. The molecule has 0 radical (unpaired) electrons. The number of fused-ring (bicyclic) bond motifs is 2. The summed E-state index contributed by atoms with van der Waals surface area (Å²) in [6.07, 6.45) is -3.75. The van der Waals surface area contributed by atoms with Gasteiger partial charge in [-0.1, -0.05) is 12.1 Å². The molecule has 1 unspecified atom stereocenters. The Morgan fingerprint density at radius 3 is 2.61 bits per heavy atom. The fraction of sp³-hybridized carbons (Fsp3) is 0.190. The van der Waals surface area contributed by atoms with Crippen LogP contribution in [0.4, 0.5) is 13.9 Å². The first-order valence-corrected chi connectivity index (χ1v) is 10.00. The summed E-state index contributed by atoms with van der Waals surface area (Å²) in [4.78, 5) is 17.5. The molecule has 1 amide bonds. The van der Waals surface area contributed by atoms with E-state index in [4.69, 9.17) is 10.00 Å². The standard InChI is InChI=1S/C21H13F2N3O4S/c1-20(10-28-15-7-17-16(6-13(15)20)29-21(22,23)30-17)18(27)26-19-25-14(9-31-19)12-4-2-11(8-24)3-5-12/h2-7,9H,10H2,1H3,(H,25,26,27). The van der Waals surface area contributed by atoms with Gasteiger partial charge >= 0.3 is 6.29 Å². The predicted molar refractivity (Wildman–Crippen MR) is 106 cm³/mol. The maximum atomic E-state index is 13.4. The maximum Gasteiger partial charge on any atom is 0.586 e. The van der Waals surface area contributed by atoms with E-state index in [1.54, 1.807) is 36.6 Å². The summed E-state index contributed by atoms with van der Waals surface area (Å²) in [5, 5.41) is 13.9. The zero-order chi connectivity index (χ0) is 21.8. The van der Waals surface area contributed by atoms with Crippen molar-refractivity contribution >= 4 is 22.4 Å². The second-order valence-electron chi connectivity index (χ2n) is 7.26. The van der Waals surface area contributed by atoms with E-state index in [0.29, 0.717) is 22.0 Å².